The quantitative estimate of drug-likeness (QED) is 0.633. The van der Waals surface area contributed by atoms with E-state index in [1.807, 2.05) is 0 Å². The monoisotopic (exact) mass is 407 g/mol. The van der Waals surface area contributed by atoms with Crippen LogP contribution in [0.2, 0.25) is 15.1 Å². The Labute approximate surface area is 153 Å². The number of alkyl halides is 3. The van der Waals surface area contributed by atoms with Crippen molar-refractivity contribution in [1.29, 1.82) is 0 Å². The summed E-state index contributed by atoms with van der Waals surface area (Å²) in [7, 11) is 0. The van der Waals surface area contributed by atoms with Gasteiger partial charge in [0.25, 0.3) is 0 Å². The Morgan fingerprint density at radius 2 is 1.68 bits per heavy atom. The number of aromatic nitrogens is 3. The average Bonchev–Trinajstić information content (AvgIpc) is 2.91. The van der Waals surface area contributed by atoms with Crippen molar-refractivity contribution in [2.75, 3.05) is 0 Å². The number of H-pyrrole nitrogens is 1. The maximum atomic E-state index is 12.7. The molecule has 0 amide bonds. The van der Waals surface area contributed by atoms with Gasteiger partial charge >= 0.3 is 11.9 Å². The minimum Gasteiger partial charge on any atom is -0.288 e. The van der Waals surface area contributed by atoms with E-state index in [0.29, 0.717) is 10.6 Å². The normalized spacial score (nSPS) is 11.8. The lowest BCUT2D eigenvalue weighted by Crippen LogP contribution is -2.16. The molecule has 2 aromatic carbocycles. The largest absolute Gasteiger partial charge is 0.416 e. The standard InChI is InChI=1S/C15H7Cl3F3N3O/c16-9-3-1-7(5-10(9)17)13-22-14(25)24(23-13)12-4-2-8(6-11(12)18)15(19,20)21/h1-6H,(H,22,23,25). The lowest BCUT2D eigenvalue weighted by molar-refractivity contribution is -0.137. The van der Waals surface area contributed by atoms with E-state index in [-0.39, 0.29) is 21.6 Å². The molecule has 0 aliphatic rings. The van der Waals surface area contributed by atoms with Crippen molar-refractivity contribution < 1.29 is 13.2 Å². The van der Waals surface area contributed by atoms with Crippen LogP contribution in [0.15, 0.2) is 41.2 Å². The van der Waals surface area contributed by atoms with Crippen LogP contribution in [0.1, 0.15) is 5.56 Å². The van der Waals surface area contributed by atoms with Crippen LogP contribution in [0.3, 0.4) is 0 Å². The molecule has 1 aromatic heterocycles. The summed E-state index contributed by atoms with van der Waals surface area (Å²) in [6, 6.07) is 7.25. The lowest BCUT2D eigenvalue weighted by atomic mass is 10.2. The van der Waals surface area contributed by atoms with Crippen molar-refractivity contribution in [1.82, 2.24) is 14.8 Å². The topological polar surface area (TPSA) is 50.7 Å². The van der Waals surface area contributed by atoms with E-state index >= 15 is 0 Å². The van der Waals surface area contributed by atoms with Gasteiger partial charge in [0, 0.05) is 5.56 Å². The first kappa shape index (κ1) is 17.8. The number of rotatable bonds is 2. The summed E-state index contributed by atoms with van der Waals surface area (Å²) in [4.78, 5) is 14.6. The maximum absolute atomic E-state index is 12.7. The van der Waals surface area contributed by atoms with E-state index in [2.05, 4.69) is 10.1 Å². The zero-order valence-electron chi connectivity index (χ0n) is 12.0. The first-order valence-electron chi connectivity index (χ1n) is 6.68. The molecule has 25 heavy (non-hydrogen) atoms. The number of hydrogen-bond acceptors (Lipinski definition) is 2. The smallest absolute Gasteiger partial charge is 0.288 e. The molecule has 0 spiro atoms. The van der Waals surface area contributed by atoms with Crippen molar-refractivity contribution in [3.8, 4) is 17.1 Å². The predicted octanol–water partition coefficient (Wildman–Crippen LogP) is 5.21. The zero-order valence-corrected chi connectivity index (χ0v) is 14.3. The molecule has 0 unspecified atom stereocenters. The van der Waals surface area contributed by atoms with Gasteiger partial charge in [-0.1, -0.05) is 34.8 Å². The molecule has 0 atom stereocenters. The molecule has 0 aliphatic heterocycles. The molecule has 3 aromatic rings. The summed E-state index contributed by atoms with van der Waals surface area (Å²) in [6.45, 7) is 0. The van der Waals surface area contributed by atoms with E-state index in [1.54, 1.807) is 6.07 Å². The highest BCUT2D eigenvalue weighted by atomic mass is 35.5. The molecule has 130 valence electrons. The Hall–Kier alpha value is -1.96. The highest BCUT2D eigenvalue weighted by Gasteiger charge is 2.31. The highest BCUT2D eigenvalue weighted by molar-refractivity contribution is 6.42. The number of hydrogen-bond donors (Lipinski definition) is 1. The van der Waals surface area contributed by atoms with Crippen molar-refractivity contribution >= 4 is 34.8 Å². The molecule has 1 heterocycles. The first-order chi connectivity index (χ1) is 11.7. The predicted molar refractivity (Wildman–Crippen MR) is 89.7 cm³/mol. The summed E-state index contributed by atoms with van der Waals surface area (Å²) in [5.74, 6) is 0.166. The Balaban J connectivity index is 2.06. The van der Waals surface area contributed by atoms with Gasteiger partial charge in [-0.3, -0.25) is 4.98 Å². The van der Waals surface area contributed by atoms with Crippen LogP contribution >= 0.6 is 34.8 Å². The van der Waals surface area contributed by atoms with Crippen LogP contribution in [0.5, 0.6) is 0 Å². The fourth-order valence-corrected chi connectivity index (χ4v) is 2.67. The lowest BCUT2D eigenvalue weighted by Gasteiger charge is -2.09. The Morgan fingerprint density at radius 3 is 2.28 bits per heavy atom. The molecule has 0 saturated carbocycles. The van der Waals surface area contributed by atoms with Crippen LogP contribution in [0.4, 0.5) is 13.2 Å². The molecule has 0 saturated heterocycles. The number of nitrogens with zero attached hydrogens (tertiary/aromatic N) is 2. The first-order valence-corrected chi connectivity index (χ1v) is 7.82. The second kappa shape index (κ2) is 6.40. The van der Waals surface area contributed by atoms with Crippen molar-refractivity contribution in [3.05, 3.63) is 67.5 Å². The fraction of sp³-hybridized carbons (Fsp3) is 0.0667. The molecule has 0 aliphatic carbocycles. The molecule has 3 rings (SSSR count). The van der Waals surface area contributed by atoms with Crippen molar-refractivity contribution in [2.45, 2.75) is 6.18 Å². The van der Waals surface area contributed by atoms with Gasteiger partial charge in [-0.15, -0.1) is 5.10 Å². The van der Waals surface area contributed by atoms with E-state index in [4.69, 9.17) is 34.8 Å². The SMILES string of the molecule is O=c1[nH]c(-c2ccc(Cl)c(Cl)c2)nn1-c1ccc(C(F)(F)F)cc1Cl. The Morgan fingerprint density at radius 1 is 0.960 bits per heavy atom. The van der Waals surface area contributed by atoms with Gasteiger partial charge in [-0.2, -0.15) is 17.9 Å². The Kier molecular flexibility index (Phi) is 4.57. The van der Waals surface area contributed by atoms with Crippen molar-refractivity contribution in [3.63, 3.8) is 0 Å². The van der Waals surface area contributed by atoms with E-state index in [0.717, 1.165) is 22.9 Å². The second-order valence-electron chi connectivity index (χ2n) is 4.98. The third-order valence-corrected chi connectivity index (χ3v) is 4.36. The summed E-state index contributed by atoms with van der Waals surface area (Å²) in [6.07, 6.45) is -4.54. The molecular formula is C15H7Cl3F3N3O. The van der Waals surface area contributed by atoms with Gasteiger partial charge < -0.3 is 0 Å². The summed E-state index contributed by atoms with van der Waals surface area (Å²) in [5.41, 5.74) is -1.09. The number of halogens is 6. The van der Waals surface area contributed by atoms with Gasteiger partial charge in [0.15, 0.2) is 5.82 Å². The number of benzene rings is 2. The van der Waals surface area contributed by atoms with Crippen LogP contribution in [0, 0.1) is 0 Å². The summed E-state index contributed by atoms with van der Waals surface area (Å²) < 4.78 is 39.0. The molecule has 0 bridgehead atoms. The molecule has 0 fully saturated rings. The number of aromatic amines is 1. The third kappa shape index (κ3) is 3.53. The average molecular weight is 409 g/mol. The molecule has 4 nitrogen and oxygen atoms in total. The minimum atomic E-state index is -4.54. The fourth-order valence-electron chi connectivity index (χ4n) is 2.12. The van der Waals surface area contributed by atoms with Gasteiger partial charge in [-0.05, 0) is 36.4 Å². The molecule has 10 heteroatoms. The zero-order chi connectivity index (χ0) is 18.4. The van der Waals surface area contributed by atoms with E-state index < -0.39 is 17.4 Å². The number of nitrogens with one attached hydrogen (secondary N) is 1. The van der Waals surface area contributed by atoms with Gasteiger partial charge in [0.1, 0.15) is 0 Å². The van der Waals surface area contributed by atoms with E-state index in [1.165, 1.54) is 12.1 Å². The van der Waals surface area contributed by atoms with Crippen LogP contribution in [-0.4, -0.2) is 14.8 Å². The van der Waals surface area contributed by atoms with Crippen LogP contribution in [0.25, 0.3) is 17.1 Å². The third-order valence-electron chi connectivity index (χ3n) is 3.31. The molecule has 1 N–H and O–H groups in total. The van der Waals surface area contributed by atoms with Crippen molar-refractivity contribution in [2.24, 2.45) is 0 Å². The van der Waals surface area contributed by atoms with Gasteiger partial charge in [-0.25, -0.2) is 4.79 Å². The second-order valence-corrected chi connectivity index (χ2v) is 6.21. The molecule has 0 radical (unpaired) electrons. The van der Waals surface area contributed by atoms with Gasteiger partial charge in [0.05, 0.1) is 26.3 Å². The minimum absolute atomic E-state index is 0.0160. The summed E-state index contributed by atoms with van der Waals surface area (Å²) >= 11 is 17.7. The maximum Gasteiger partial charge on any atom is 0.416 e. The summed E-state index contributed by atoms with van der Waals surface area (Å²) in [5, 5.41) is 4.39. The van der Waals surface area contributed by atoms with E-state index in [9.17, 15) is 18.0 Å². The van der Waals surface area contributed by atoms with Crippen LogP contribution in [-0.2, 0) is 6.18 Å². The molecular weight excluding hydrogens is 402 g/mol. The highest BCUT2D eigenvalue weighted by Crippen LogP contribution is 2.33. The Bertz CT molecular complexity index is 1010. The van der Waals surface area contributed by atoms with Gasteiger partial charge in [0.2, 0.25) is 0 Å². The van der Waals surface area contributed by atoms with Crippen LogP contribution < -0.4 is 5.69 Å².